The maximum Gasteiger partial charge on any atom is 0.0127 e. The third-order valence-electron chi connectivity index (χ3n) is 0.864. The van der Waals surface area contributed by atoms with Gasteiger partial charge in [-0.25, -0.2) is 0 Å². The topological polar surface area (TPSA) is 26.0 Å². The Morgan fingerprint density at radius 1 is 1.80 bits per heavy atom. The van der Waals surface area contributed by atoms with Gasteiger partial charge in [0, 0.05) is 3.92 Å². The lowest BCUT2D eigenvalue weighted by Crippen LogP contribution is -1.87. The first-order valence-corrected chi connectivity index (χ1v) is 5.07. The second-order valence-corrected chi connectivity index (χ2v) is 5.13. The third kappa shape index (κ3) is 6.61. The van der Waals surface area contributed by atoms with Gasteiger partial charge in [0.25, 0.3) is 0 Å². The molecule has 0 spiro atoms. The van der Waals surface area contributed by atoms with E-state index in [2.05, 4.69) is 45.4 Å². The maximum absolute atomic E-state index is 5.16. The van der Waals surface area contributed by atoms with E-state index in [9.17, 15) is 0 Å². The van der Waals surface area contributed by atoms with Gasteiger partial charge in [-0.1, -0.05) is 51.5 Å². The van der Waals surface area contributed by atoms with Gasteiger partial charge in [0.1, 0.15) is 0 Å². The number of hydrogen-bond acceptors (Lipinski definition) is 1. The average Bonchev–Trinajstić information content (AvgIpc) is 1.82. The summed E-state index contributed by atoms with van der Waals surface area (Å²) in [5, 5.41) is 0. The Labute approximate surface area is 84.0 Å². The molecule has 0 aliphatic heterocycles. The van der Waals surface area contributed by atoms with Crippen molar-refractivity contribution in [2.75, 3.05) is 0 Å². The molecule has 3 heteroatoms. The van der Waals surface area contributed by atoms with Gasteiger partial charge in [-0.15, -0.1) is 0 Å². The molecule has 0 heterocycles. The van der Waals surface area contributed by atoms with Gasteiger partial charge in [0.2, 0.25) is 0 Å². The summed E-state index contributed by atoms with van der Waals surface area (Å²) in [6, 6.07) is 0. The molecule has 1 unspecified atom stereocenters. The fraction of sp³-hybridized carbons (Fsp3) is 0.429. The van der Waals surface area contributed by atoms with Gasteiger partial charge in [0.15, 0.2) is 0 Å². The number of nitrogens with two attached hydrogens (primary N) is 1. The molecule has 0 aromatic heterocycles. The second-order valence-electron chi connectivity index (χ2n) is 1.98. The Balaban J connectivity index is 3.71. The molecule has 0 fully saturated rings. The summed E-state index contributed by atoms with van der Waals surface area (Å²) in [6.45, 7) is 2.17. The molecule has 0 saturated heterocycles. The summed E-state index contributed by atoms with van der Waals surface area (Å²) in [6.07, 6.45) is 6.38. The molecule has 2 N–H and O–H groups in total. The van der Waals surface area contributed by atoms with Crippen LogP contribution in [-0.4, -0.2) is 3.92 Å². The predicted molar refractivity (Wildman–Crippen MR) is 58.4 cm³/mol. The standard InChI is InChI=1S/C7H11BrIN/c1-6(9)5-7(8)3-2-4-10/h2-4,6H,5,10H2,1H3/b4-2-,7-3+. The molecule has 1 atom stereocenters. The van der Waals surface area contributed by atoms with Crippen LogP contribution in [0.2, 0.25) is 0 Å². The third-order valence-corrected chi connectivity index (χ3v) is 1.89. The number of hydrogen-bond donors (Lipinski definition) is 1. The van der Waals surface area contributed by atoms with Crippen LogP contribution in [0.4, 0.5) is 0 Å². The summed E-state index contributed by atoms with van der Waals surface area (Å²) in [4.78, 5) is 0. The molecule has 0 amide bonds. The number of halogens is 2. The average molecular weight is 316 g/mol. The summed E-state index contributed by atoms with van der Waals surface area (Å²) in [5.74, 6) is 0. The fourth-order valence-electron chi connectivity index (χ4n) is 0.497. The molecule has 0 radical (unpaired) electrons. The van der Waals surface area contributed by atoms with Crippen molar-refractivity contribution in [3.8, 4) is 0 Å². The quantitative estimate of drug-likeness (QED) is 0.484. The van der Waals surface area contributed by atoms with Crippen LogP contribution in [-0.2, 0) is 0 Å². The van der Waals surface area contributed by atoms with E-state index in [1.54, 1.807) is 0 Å². The normalized spacial score (nSPS) is 16.1. The van der Waals surface area contributed by atoms with Crippen LogP contribution < -0.4 is 5.73 Å². The van der Waals surface area contributed by atoms with Crippen molar-refractivity contribution in [3.63, 3.8) is 0 Å². The van der Waals surface area contributed by atoms with Crippen LogP contribution in [0.25, 0.3) is 0 Å². The van der Waals surface area contributed by atoms with Crippen molar-refractivity contribution >= 4 is 38.5 Å². The Morgan fingerprint density at radius 2 is 2.40 bits per heavy atom. The Bertz CT molecular complexity index is 141. The van der Waals surface area contributed by atoms with Gasteiger partial charge in [-0.05, 0) is 23.2 Å². The highest BCUT2D eigenvalue weighted by molar-refractivity contribution is 14.1. The molecule has 0 aromatic carbocycles. The van der Waals surface area contributed by atoms with Gasteiger partial charge in [-0.3, -0.25) is 0 Å². The van der Waals surface area contributed by atoms with E-state index in [1.807, 2.05) is 12.2 Å². The van der Waals surface area contributed by atoms with Crippen LogP contribution in [0.15, 0.2) is 22.8 Å². The molecule has 0 aromatic rings. The van der Waals surface area contributed by atoms with Gasteiger partial charge in [-0.2, -0.15) is 0 Å². The number of allylic oxidation sites excluding steroid dienone is 3. The van der Waals surface area contributed by atoms with E-state index in [0.717, 1.165) is 6.42 Å². The lowest BCUT2D eigenvalue weighted by Gasteiger charge is -1.98. The van der Waals surface area contributed by atoms with Crippen molar-refractivity contribution in [1.82, 2.24) is 0 Å². The van der Waals surface area contributed by atoms with Crippen molar-refractivity contribution in [1.29, 1.82) is 0 Å². The lowest BCUT2D eigenvalue weighted by atomic mass is 10.3. The lowest BCUT2D eigenvalue weighted by molar-refractivity contribution is 1.01. The molecule has 0 bridgehead atoms. The fourth-order valence-corrected chi connectivity index (χ4v) is 2.21. The molecule has 58 valence electrons. The Morgan fingerprint density at radius 3 is 2.80 bits per heavy atom. The van der Waals surface area contributed by atoms with Gasteiger partial charge >= 0.3 is 0 Å². The van der Waals surface area contributed by atoms with Crippen LogP contribution >= 0.6 is 38.5 Å². The summed E-state index contributed by atoms with van der Waals surface area (Å²) in [5.41, 5.74) is 5.16. The highest BCUT2D eigenvalue weighted by atomic mass is 127. The van der Waals surface area contributed by atoms with Gasteiger partial charge in [0.05, 0.1) is 0 Å². The van der Waals surface area contributed by atoms with E-state index in [4.69, 9.17) is 5.73 Å². The Kier molecular flexibility index (Phi) is 6.52. The van der Waals surface area contributed by atoms with Crippen molar-refractivity contribution in [2.24, 2.45) is 5.73 Å². The highest BCUT2D eigenvalue weighted by Crippen LogP contribution is 2.17. The maximum atomic E-state index is 5.16. The van der Waals surface area contributed by atoms with E-state index < -0.39 is 0 Å². The molecule has 0 aliphatic rings. The van der Waals surface area contributed by atoms with E-state index in [1.165, 1.54) is 10.7 Å². The van der Waals surface area contributed by atoms with E-state index in [-0.39, 0.29) is 0 Å². The molecule has 0 aliphatic carbocycles. The first kappa shape index (κ1) is 10.5. The van der Waals surface area contributed by atoms with Crippen LogP contribution in [0.3, 0.4) is 0 Å². The minimum absolute atomic E-state index is 0.661. The predicted octanol–water partition coefficient (Wildman–Crippen LogP) is 2.95. The van der Waals surface area contributed by atoms with Crippen molar-refractivity contribution in [3.05, 3.63) is 22.8 Å². The first-order chi connectivity index (χ1) is 4.66. The monoisotopic (exact) mass is 315 g/mol. The second kappa shape index (κ2) is 6.22. The van der Waals surface area contributed by atoms with Crippen LogP contribution in [0.5, 0.6) is 0 Å². The SMILES string of the molecule is CC(I)C/C(Br)=C\C=C/N. The molecule has 0 rings (SSSR count). The summed E-state index contributed by atoms with van der Waals surface area (Å²) >= 11 is 5.81. The van der Waals surface area contributed by atoms with Crippen LogP contribution in [0.1, 0.15) is 13.3 Å². The van der Waals surface area contributed by atoms with Crippen molar-refractivity contribution in [2.45, 2.75) is 17.3 Å². The zero-order chi connectivity index (χ0) is 7.98. The van der Waals surface area contributed by atoms with E-state index >= 15 is 0 Å². The molecular weight excluding hydrogens is 305 g/mol. The summed E-state index contributed by atoms with van der Waals surface area (Å²) < 4.78 is 1.85. The number of alkyl halides is 1. The molecular formula is C7H11BrIN. The van der Waals surface area contributed by atoms with Gasteiger partial charge < -0.3 is 5.73 Å². The van der Waals surface area contributed by atoms with Crippen molar-refractivity contribution < 1.29 is 0 Å². The first-order valence-electron chi connectivity index (χ1n) is 3.04. The Hall–Kier alpha value is 0.490. The minimum Gasteiger partial charge on any atom is -0.405 e. The smallest absolute Gasteiger partial charge is 0.0127 e. The number of rotatable bonds is 3. The molecule has 10 heavy (non-hydrogen) atoms. The largest absolute Gasteiger partial charge is 0.405 e. The zero-order valence-corrected chi connectivity index (χ0v) is 9.59. The van der Waals surface area contributed by atoms with Crippen LogP contribution in [0, 0.1) is 0 Å². The summed E-state index contributed by atoms with van der Waals surface area (Å²) in [7, 11) is 0. The zero-order valence-electron chi connectivity index (χ0n) is 5.85. The van der Waals surface area contributed by atoms with E-state index in [0.29, 0.717) is 3.92 Å². The highest BCUT2D eigenvalue weighted by Gasteiger charge is 1.96. The minimum atomic E-state index is 0.661. The molecule has 0 saturated carbocycles. The molecule has 1 nitrogen and oxygen atoms in total.